The number of methoxy groups -OCH3 is 1. The first-order valence-electron chi connectivity index (χ1n) is 9.80. The second-order valence-corrected chi connectivity index (χ2v) is 8.24. The van der Waals surface area contributed by atoms with Gasteiger partial charge in [-0.05, 0) is 38.5 Å². The standard InChI is InChI=1S/C21H24N4O4S/c1-4-29-20(26)18-12(2)23-19(30-18)13-5-6-17-15(9-13)16(22)11-25(17)14-7-8-24(10-14)21(27)28-3/h5-6,9,11,14H,4,7-8,10,22H2,1-3H3. The van der Waals surface area contributed by atoms with Crippen molar-refractivity contribution in [3.63, 3.8) is 0 Å². The van der Waals surface area contributed by atoms with Crippen LogP contribution >= 0.6 is 11.3 Å². The van der Waals surface area contributed by atoms with Crippen molar-refractivity contribution in [2.24, 2.45) is 0 Å². The molecule has 4 rings (SSSR count). The highest BCUT2D eigenvalue weighted by atomic mass is 32.1. The number of aromatic nitrogens is 2. The minimum absolute atomic E-state index is 0.146. The van der Waals surface area contributed by atoms with Crippen molar-refractivity contribution < 1.29 is 19.1 Å². The summed E-state index contributed by atoms with van der Waals surface area (Å²) in [6, 6.07) is 6.15. The number of nitrogens with two attached hydrogens (primary N) is 1. The van der Waals surface area contributed by atoms with Gasteiger partial charge < -0.3 is 24.7 Å². The first-order chi connectivity index (χ1) is 14.4. The smallest absolute Gasteiger partial charge is 0.409 e. The van der Waals surface area contributed by atoms with E-state index in [0.717, 1.165) is 27.9 Å². The number of aryl methyl sites for hydroxylation is 1. The first-order valence-corrected chi connectivity index (χ1v) is 10.6. The average Bonchev–Trinajstić information content (AvgIpc) is 3.45. The topological polar surface area (TPSA) is 99.7 Å². The SMILES string of the molecule is CCOC(=O)c1sc(-c2ccc3c(c2)c(N)cn3C2CCN(C(=O)OC)C2)nc1C. The fourth-order valence-electron chi connectivity index (χ4n) is 3.89. The number of carbonyl (C=O) groups is 2. The maximum Gasteiger partial charge on any atom is 0.409 e. The van der Waals surface area contributed by atoms with Crippen LogP contribution in [-0.4, -0.2) is 53.3 Å². The lowest BCUT2D eigenvalue weighted by Crippen LogP contribution is -2.28. The van der Waals surface area contributed by atoms with Crippen molar-refractivity contribution in [1.82, 2.24) is 14.5 Å². The van der Waals surface area contributed by atoms with Gasteiger partial charge in [0.25, 0.3) is 0 Å². The van der Waals surface area contributed by atoms with Crippen molar-refractivity contribution in [2.45, 2.75) is 26.3 Å². The Balaban J connectivity index is 1.65. The van der Waals surface area contributed by atoms with Crippen molar-refractivity contribution in [3.8, 4) is 10.6 Å². The molecule has 0 aliphatic carbocycles. The van der Waals surface area contributed by atoms with Crippen LogP contribution in [-0.2, 0) is 9.47 Å². The molecule has 1 saturated heterocycles. The van der Waals surface area contributed by atoms with Crippen LogP contribution in [0.3, 0.4) is 0 Å². The van der Waals surface area contributed by atoms with E-state index in [0.29, 0.717) is 36.0 Å². The Hall–Kier alpha value is -3.07. The molecule has 1 amide bonds. The van der Waals surface area contributed by atoms with Gasteiger partial charge in [0.05, 0.1) is 36.7 Å². The Morgan fingerprint density at radius 3 is 2.90 bits per heavy atom. The second kappa shape index (κ2) is 7.98. The molecule has 1 aromatic carbocycles. The fourth-order valence-corrected chi connectivity index (χ4v) is 4.84. The average molecular weight is 429 g/mol. The van der Waals surface area contributed by atoms with E-state index >= 15 is 0 Å². The van der Waals surface area contributed by atoms with Gasteiger partial charge in [-0.15, -0.1) is 11.3 Å². The van der Waals surface area contributed by atoms with Crippen LogP contribution in [0.5, 0.6) is 0 Å². The summed E-state index contributed by atoms with van der Waals surface area (Å²) in [5.41, 5.74) is 9.55. The predicted octanol–water partition coefficient (Wildman–Crippen LogP) is 3.85. The van der Waals surface area contributed by atoms with E-state index in [1.54, 1.807) is 11.8 Å². The van der Waals surface area contributed by atoms with Gasteiger partial charge in [-0.1, -0.05) is 0 Å². The summed E-state index contributed by atoms with van der Waals surface area (Å²) in [6.07, 6.45) is 2.46. The predicted molar refractivity (Wildman–Crippen MR) is 116 cm³/mol. The Morgan fingerprint density at radius 1 is 1.37 bits per heavy atom. The number of esters is 1. The monoisotopic (exact) mass is 428 g/mol. The molecule has 3 heterocycles. The Bertz CT molecular complexity index is 1120. The zero-order chi connectivity index (χ0) is 21.4. The third-order valence-electron chi connectivity index (χ3n) is 5.36. The molecule has 0 spiro atoms. The summed E-state index contributed by atoms with van der Waals surface area (Å²) in [7, 11) is 1.40. The lowest BCUT2D eigenvalue weighted by molar-refractivity contribution is 0.0531. The fraction of sp³-hybridized carbons (Fsp3) is 0.381. The first kappa shape index (κ1) is 20.2. The summed E-state index contributed by atoms with van der Waals surface area (Å²) >= 11 is 1.32. The van der Waals surface area contributed by atoms with Crippen LogP contribution in [0.25, 0.3) is 21.5 Å². The number of hydrogen-bond donors (Lipinski definition) is 1. The quantitative estimate of drug-likeness (QED) is 0.634. The molecule has 1 atom stereocenters. The minimum Gasteiger partial charge on any atom is -0.462 e. The van der Waals surface area contributed by atoms with Gasteiger partial charge in [-0.3, -0.25) is 0 Å². The number of benzene rings is 1. The molecule has 3 aromatic rings. The summed E-state index contributed by atoms with van der Waals surface area (Å²) < 4.78 is 12.1. The number of thiazole rings is 1. The molecule has 0 saturated carbocycles. The van der Waals surface area contributed by atoms with Gasteiger partial charge in [0.1, 0.15) is 9.88 Å². The lowest BCUT2D eigenvalue weighted by atomic mass is 10.1. The zero-order valence-corrected chi connectivity index (χ0v) is 18.0. The molecule has 0 bridgehead atoms. The second-order valence-electron chi connectivity index (χ2n) is 7.24. The van der Waals surface area contributed by atoms with Crippen LogP contribution in [0.15, 0.2) is 24.4 Å². The van der Waals surface area contributed by atoms with Crippen molar-refractivity contribution in [3.05, 3.63) is 35.0 Å². The third kappa shape index (κ3) is 3.49. The molecule has 1 aliphatic rings. The van der Waals surface area contributed by atoms with E-state index in [1.807, 2.05) is 31.3 Å². The van der Waals surface area contributed by atoms with Gasteiger partial charge in [0, 0.05) is 30.2 Å². The van der Waals surface area contributed by atoms with Crippen LogP contribution in [0.4, 0.5) is 10.5 Å². The lowest BCUT2D eigenvalue weighted by Gasteiger charge is -2.16. The van der Waals surface area contributed by atoms with Gasteiger partial charge >= 0.3 is 12.1 Å². The third-order valence-corrected chi connectivity index (χ3v) is 6.54. The Labute approximate surface area is 178 Å². The highest BCUT2D eigenvalue weighted by molar-refractivity contribution is 7.17. The number of nitrogen functional groups attached to an aromatic ring is 1. The molecule has 1 aliphatic heterocycles. The molecular weight excluding hydrogens is 404 g/mol. The minimum atomic E-state index is -0.345. The molecule has 30 heavy (non-hydrogen) atoms. The van der Waals surface area contributed by atoms with E-state index < -0.39 is 0 Å². The van der Waals surface area contributed by atoms with Gasteiger partial charge in [0.15, 0.2) is 0 Å². The van der Waals surface area contributed by atoms with E-state index in [4.69, 9.17) is 15.2 Å². The summed E-state index contributed by atoms with van der Waals surface area (Å²) in [4.78, 5) is 30.7. The Kier molecular flexibility index (Phi) is 5.38. The molecule has 2 aromatic heterocycles. The normalized spacial score (nSPS) is 16.2. The van der Waals surface area contributed by atoms with Gasteiger partial charge in [-0.25, -0.2) is 14.6 Å². The van der Waals surface area contributed by atoms with Crippen LogP contribution < -0.4 is 5.73 Å². The van der Waals surface area contributed by atoms with E-state index in [2.05, 4.69) is 9.55 Å². The highest BCUT2D eigenvalue weighted by Gasteiger charge is 2.29. The number of ether oxygens (including phenoxy) is 2. The van der Waals surface area contributed by atoms with E-state index in [1.165, 1.54) is 18.4 Å². The summed E-state index contributed by atoms with van der Waals surface area (Å²) in [5.74, 6) is -0.345. The maximum absolute atomic E-state index is 12.1. The number of amides is 1. The number of nitrogens with zero attached hydrogens (tertiary/aromatic N) is 3. The van der Waals surface area contributed by atoms with Gasteiger partial charge in [0.2, 0.25) is 0 Å². The van der Waals surface area contributed by atoms with E-state index in [9.17, 15) is 9.59 Å². The number of anilines is 1. The van der Waals surface area contributed by atoms with E-state index in [-0.39, 0.29) is 18.1 Å². The molecule has 9 heteroatoms. The molecular formula is C21H24N4O4S. The largest absolute Gasteiger partial charge is 0.462 e. The number of fused-ring (bicyclic) bond motifs is 1. The summed E-state index contributed by atoms with van der Waals surface area (Å²) in [5, 5.41) is 1.68. The molecule has 158 valence electrons. The van der Waals surface area contributed by atoms with Crippen molar-refractivity contribution in [2.75, 3.05) is 32.5 Å². The number of hydrogen-bond acceptors (Lipinski definition) is 7. The molecule has 8 nitrogen and oxygen atoms in total. The molecule has 1 unspecified atom stereocenters. The Morgan fingerprint density at radius 2 is 2.17 bits per heavy atom. The number of rotatable bonds is 4. The van der Waals surface area contributed by atoms with Crippen LogP contribution in [0, 0.1) is 6.92 Å². The number of carbonyl (C=O) groups excluding carboxylic acids is 2. The number of likely N-dealkylation sites (tertiary alicyclic amines) is 1. The molecule has 2 N–H and O–H groups in total. The van der Waals surface area contributed by atoms with Crippen LogP contribution in [0.2, 0.25) is 0 Å². The highest BCUT2D eigenvalue weighted by Crippen LogP contribution is 2.35. The zero-order valence-electron chi connectivity index (χ0n) is 17.2. The summed E-state index contributed by atoms with van der Waals surface area (Å²) in [6.45, 7) is 5.17. The molecule has 1 fully saturated rings. The van der Waals surface area contributed by atoms with Crippen LogP contribution in [0.1, 0.15) is 34.8 Å². The molecule has 0 radical (unpaired) electrons. The van der Waals surface area contributed by atoms with Crippen molar-refractivity contribution in [1.29, 1.82) is 0 Å². The van der Waals surface area contributed by atoms with Crippen molar-refractivity contribution >= 4 is 40.0 Å². The van der Waals surface area contributed by atoms with Gasteiger partial charge in [-0.2, -0.15) is 0 Å². The maximum atomic E-state index is 12.1.